The molecule has 0 aliphatic carbocycles. The highest BCUT2D eigenvalue weighted by atomic mass is 16.5. The Morgan fingerprint density at radius 1 is 1.38 bits per heavy atom. The average molecular weight is 225 g/mol. The van der Waals surface area contributed by atoms with Crippen molar-refractivity contribution in [3.63, 3.8) is 0 Å². The summed E-state index contributed by atoms with van der Waals surface area (Å²) in [4.78, 5) is 0. The zero-order valence-corrected chi connectivity index (χ0v) is 9.45. The summed E-state index contributed by atoms with van der Waals surface area (Å²) >= 11 is 0. The van der Waals surface area contributed by atoms with Crippen LogP contribution >= 0.6 is 0 Å². The van der Waals surface area contributed by atoms with Gasteiger partial charge in [-0.15, -0.1) is 0 Å². The number of aliphatic hydroxyl groups is 1. The molecule has 0 amide bonds. The molecular formula is C12H19NO3. The summed E-state index contributed by atoms with van der Waals surface area (Å²) in [6.45, 7) is 3.26. The lowest BCUT2D eigenvalue weighted by atomic mass is 9.81. The maximum Gasteiger partial charge on any atom is 0.117 e. The molecule has 1 fully saturated rings. The van der Waals surface area contributed by atoms with E-state index in [-0.39, 0.29) is 12.0 Å². The van der Waals surface area contributed by atoms with Gasteiger partial charge in [0.25, 0.3) is 0 Å². The largest absolute Gasteiger partial charge is 0.468 e. The minimum absolute atomic E-state index is 0.00908. The van der Waals surface area contributed by atoms with E-state index in [4.69, 9.17) is 9.15 Å². The van der Waals surface area contributed by atoms with Crippen molar-refractivity contribution < 1.29 is 14.3 Å². The molecule has 4 heteroatoms. The Labute approximate surface area is 95.6 Å². The highest BCUT2D eigenvalue weighted by Crippen LogP contribution is 2.29. The molecule has 2 heterocycles. The Bertz CT molecular complexity index is 291. The van der Waals surface area contributed by atoms with E-state index >= 15 is 0 Å². The van der Waals surface area contributed by atoms with E-state index in [0.717, 1.165) is 44.9 Å². The molecule has 2 rings (SSSR count). The van der Waals surface area contributed by atoms with Crippen LogP contribution in [0.5, 0.6) is 0 Å². The van der Waals surface area contributed by atoms with Crippen molar-refractivity contribution in [2.24, 2.45) is 5.41 Å². The number of hydrogen-bond donors (Lipinski definition) is 2. The fourth-order valence-corrected chi connectivity index (χ4v) is 2.06. The Morgan fingerprint density at radius 2 is 2.19 bits per heavy atom. The second-order valence-electron chi connectivity index (χ2n) is 4.45. The average Bonchev–Trinajstić information content (AvgIpc) is 2.83. The summed E-state index contributed by atoms with van der Waals surface area (Å²) in [6, 6.07) is 3.83. The molecule has 2 N–H and O–H groups in total. The van der Waals surface area contributed by atoms with Crippen molar-refractivity contribution in [3.05, 3.63) is 24.2 Å². The van der Waals surface area contributed by atoms with Crippen molar-refractivity contribution in [3.8, 4) is 0 Å². The maximum absolute atomic E-state index is 9.48. The van der Waals surface area contributed by atoms with E-state index in [9.17, 15) is 5.11 Å². The van der Waals surface area contributed by atoms with Crippen LogP contribution in [0.15, 0.2) is 22.8 Å². The van der Waals surface area contributed by atoms with E-state index in [1.807, 2.05) is 12.1 Å². The van der Waals surface area contributed by atoms with Gasteiger partial charge in [-0.2, -0.15) is 0 Å². The molecule has 1 aliphatic rings. The lowest BCUT2D eigenvalue weighted by Gasteiger charge is -2.35. The zero-order valence-electron chi connectivity index (χ0n) is 9.45. The second kappa shape index (κ2) is 5.48. The molecule has 4 nitrogen and oxygen atoms in total. The molecule has 1 aromatic rings. The van der Waals surface area contributed by atoms with E-state index in [2.05, 4.69) is 5.32 Å². The van der Waals surface area contributed by atoms with Crippen molar-refractivity contribution >= 4 is 0 Å². The first-order chi connectivity index (χ1) is 7.85. The SMILES string of the molecule is OCC1(CNCc2ccco2)CCOCC1. The van der Waals surface area contributed by atoms with E-state index in [1.54, 1.807) is 6.26 Å². The van der Waals surface area contributed by atoms with Crippen molar-refractivity contribution in [2.75, 3.05) is 26.4 Å². The summed E-state index contributed by atoms with van der Waals surface area (Å²) in [5.41, 5.74) is -0.00908. The second-order valence-corrected chi connectivity index (χ2v) is 4.45. The van der Waals surface area contributed by atoms with Gasteiger partial charge >= 0.3 is 0 Å². The molecule has 0 saturated carbocycles. The van der Waals surface area contributed by atoms with Gasteiger partial charge in [-0.1, -0.05) is 0 Å². The lowest BCUT2D eigenvalue weighted by molar-refractivity contribution is -0.0155. The topological polar surface area (TPSA) is 54.6 Å². The Hall–Kier alpha value is -0.840. The summed E-state index contributed by atoms with van der Waals surface area (Å²) in [7, 11) is 0. The van der Waals surface area contributed by atoms with E-state index < -0.39 is 0 Å². The van der Waals surface area contributed by atoms with Crippen molar-refractivity contribution in [1.29, 1.82) is 0 Å². The van der Waals surface area contributed by atoms with Crippen LogP contribution < -0.4 is 5.32 Å². The number of aliphatic hydroxyl groups excluding tert-OH is 1. The minimum Gasteiger partial charge on any atom is -0.468 e. The number of rotatable bonds is 5. The quantitative estimate of drug-likeness (QED) is 0.789. The van der Waals surface area contributed by atoms with E-state index in [1.165, 1.54) is 0 Å². The predicted octanol–water partition coefficient (Wildman–Crippen LogP) is 1.16. The van der Waals surface area contributed by atoms with Gasteiger partial charge in [0.1, 0.15) is 5.76 Å². The molecule has 1 saturated heterocycles. The van der Waals surface area contributed by atoms with Crippen molar-refractivity contribution in [2.45, 2.75) is 19.4 Å². The standard InChI is InChI=1S/C12H19NO3/c14-10-12(3-6-15-7-4-12)9-13-8-11-2-1-5-16-11/h1-2,5,13-14H,3-4,6-10H2. The van der Waals surface area contributed by atoms with Crippen LogP contribution in [0.2, 0.25) is 0 Å². The third kappa shape index (κ3) is 2.84. The smallest absolute Gasteiger partial charge is 0.117 e. The van der Waals surface area contributed by atoms with Gasteiger partial charge in [-0.05, 0) is 25.0 Å². The summed E-state index contributed by atoms with van der Waals surface area (Å²) in [5, 5.41) is 12.8. The Kier molecular flexibility index (Phi) is 3.98. The molecule has 0 radical (unpaired) electrons. The zero-order chi connectivity index (χ0) is 11.3. The van der Waals surface area contributed by atoms with Gasteiger partial charge in [0, 0.05) is 25.2 Å². The third-order valence-electron chi connectivity index (χ3n) is 3.27. The number of furan rings is 1. The molecule has 16 heavy (non-hydrogen) atoms. The van der Waals surface area contributed by atoms with Crippen LogP contribution in [0, 0.1) is 5.41 Å². The molecule has 1 aliphatic heterocycles. The fraction of sp³-hybridized carbons (Fsp3) is 0.667. The number of hydrogen-bond acceptors (Lipinski definition) is 4. The molecule has 0 bridgehead atoms. The van der Waals surface area contributed by atoms with Gasteiger partial charge in [-0.25, -0.2) is 0 Å². The Balaban J connectivity index is 1.78. The minimum atomic E-state index is -0.00908. The van der Waals surface area contributed by atoms with Gasteiger partial charge in [-0.3, -0.25) is 0 Å². The first kappa shape index (κ1) is 11.6. The number of nitrogens with one attached hydrogen (secondary N) is 1. The fourth-order valence-electron chi connectivity index (χ4n) is 2.06. The van der Waals surface area contributed by atoms with Gasteiger partial charge < -0.3 is 19.6 Å². The van der Waals surface area contributed by atoms with Crippen LogP contribution in [0.4, 0.5) is 0 Å². The summed E-state index contributed by atoms with van der Waals surface area (Å²) < 4.78 is 10.6. The van der Waals surface area contributed by atoms with Gasteiger partial charge in [0.05, 0.1) is 19.4 Å². The van der Waals surface area contributed by atoms with Crippen LogP contribution in [0.25, 0.3) is 0 Å². The molecule has 0 aromatic carbocycles. The summed E-state index contributed by atoms with van der Waals surface area (Å²) in [5.74, 6) is 0.931. The monoisotopic (exact) mass is 225 g/mol. The number of ether oxygens (including phenoxy) is 1. The molecule has 1 aromatic heterocycles. The molecule has 0 unspecified atom stereocenters. The van der Waals surface area contributed by atoms with E-state index in [0.29, 0.717) is 0 Å². The molecule has 0 spiro atoms. The predicted molar refractivity (Wildman–Crippen MR) is 60.0 cm³/mol. The van der Waals surface area contributed by atoms with Gasteiger partial charge in [0.2, 0.25) is 0 Å². The highest BCUT2D eigenvalue weighted by molar-refractivity contribution is 4.97. The van der Waals surface area contributed by atoms with Crippen LogP contribution in [0.3, 0.4) is 0 Å². The molecule has 0 atom stereocenters. The molecule has 90 valence electrons. The van der Waals surface area contributed by atoms with Gasteiger partial charge in [0.15, 0.2) is 0 Å². The van der Waals surface area contributed by atoms with Crippen LogP contribution in [-0.2, 0) is 11.3 Å². The first-order valence-corrected chi connectivity index (χ1v) is 5.76. The van der Waals surface area contributed by atoms with Crippen LogP contribution in [-0.4, -0.2) is 31.5 Å². The Morgan fingerprint density at radius 3 is 2.81 bits per heavy atom. The lowest BCUT2D eigenvalue weighted by Crippen LogP contribution is -2.41. The molecular weight excluding hydrogens is 206 g/mol. The van der Waals surface area contributed by atoms with Crippen molar-refractivity contribution in [1.82, 2.24) is 5.32 Å². The maximum atomic E-state index is 9.48. The third-order valence-corrected chi connectivity index (χ3v) is 3.27. The summed E-state index contributed by atoms with van der Waals surface area (Å²) in [6.07, 6.45) is 3.52. The highest BCUT2D eigenvalue weighted by Gasteiger charge is 2.31. The van der Waals surface area contributed by atoms with Crippen LogP contribution in [0.1, 0.15) is 18.6 Å². The normalized spacial score (nSPS) is 19.8. The first-order valence-electron chi connectivity index (χ1n) is 5.76.